The second-order valence-electron chi connectivity index (χ2n) is 6.73. The van der Waals surface area contributed by atoms with Gasteiger partial charge in [-0.25, -0.2) is 0 Å². The molecule has 2 aromatic rings. The molecular weight excluding hydrogens is 346 g/mol. The third kappa shape index (κ3) is 5.75. The Labute approximate surface area is 158 Å². The Morgan fingerprint density at radius 3 is 2.69 bits per heavy atom. The second kappa shape index (κ2) is 9.05. The zero-order valence-corrected chi connectivity index (χ0v) is 15.8. The molecule has 0 saturated heterocycles. The molecule has 0 aliphatic heterocycles. The van der Waals surface area contributed by atoms with E-state index in [0.29, 0.717) is 11.8 Å². The fourth-order valence-corrected chi connectivity index (χ4v) is 3.60. The van der Waals surface area contributed by atoms with Gasteiger partial charge < -0.3 is 10.6 Å². The first kappa shape index (κ1) is 18.7. The van der Waals surface area contributed by atoms with Crippen LogP contribution in [0, 0.1) is 0 Å². The molecule has 1 saturated carbocycles. The first-order valence-corrected chi connectivity index (χ1v) is 9.91. The Morgan fingerprint density at radius 1 is 1.12 bits per heavy atom. The second-order valence-corrected chi connectivity index (χ2v) is 7.92. The van der Waals surface area contributed by atoms with Crippen LogP contribution in [0.2, 0.25) is 0 Å². The normalized spacial score (nSPS) is 14.8. The number of fused-ring (bicyclic) bond motifs is 1. The number of carbonyl (C=O) groups is 2. The summed E-state index contributed by atoms with van der Waals surface area (Å²) in [5.74, 6) is -0.140. The van der Waals surface area contributed by atoms with E-state index in [0.717, 1.165) is 16.3 Å². The Hall–Kier alpha value is -2.05. The van der Waals surface area contributed by atoms with Crippen LogP contribution in [0.1, 0.15) is 31.7 Å². The minimum Gasteiger partial charge on any atom is -0.352 e. The fourth-order valence-electron chi connectivity index (χ4n) is 2.78. The predicted octanol–water partition coefficient (Wildman–Crippen LogP) is 2.75. The van der Waals surface area contributed by atoms with Crippen molar-refractivity contribution in [2.75, 3.05) is 6.54 Å². The molecule has 5 nitrogen and oxygen atoms in total. The third-order valence-electron chi connectivity index (χ3n) is 4.26. The average Bonchev–Trinajstić information content (AvgIpc) is 3.44. The van der Waals surface area contributed by atoms with Crippen molar-refractivity contribution in [1.82, 2.24) is 15.4 Å². The van der Waals surface area contributed by atoms with Gasteiger partial charge in [-0.1, -0.05) is 54.4 Å². The molecule has 0 radical (unpaired) electrons. The first-order chi connectivity index (χ1) is 12.6. The van der Waals surface area contributed by atoms with Crippen molar-refractivity contribution in [3.8, 4) is 0 Å². The summed E-state index contributed by atoms with van der Waals surface area (Å²) < 4.78 is 3.07. The Balaban J connectivity index is 1.40. The van der Waals surface area contributed by atoms with Gasteiger partial charge in [-0.2, -0.15) is 0 Å². The molecule has 0 bridgehead atoms. The van der Waals surface area contributed by atoms with Crippen molar-refractivity contribution < 1.29 is 9.59 Å². The molecule has 6 heteroatoms. The van der Waals surface area contributed by atoms with Crippen molar-refractivity contribution >= 4 is 34.5 Å². The lowest BCUT2D eigenvalue weighted by atomic mass is 10.0. The van der Waals surface area contributed by atoms with Crippen LogP contribution in [-0.4, -0.2) is 29.7 Å². The van der Waals surface area contributed by atoms with E-state index in [1.165, 1.54) is 12.8 Å². The largest absolute Gasteiger partial charge is 0.352 e. The Morgan fingerprint density at radius 2 is 1.88 bits per heavy atom. The van der Waals surface area contributed by atoms with Crippen LogP contribution in [0.5, 0.6) is 0 Å². The number of hydrogen-bond donors (Lipinski definition) is 3. The highest BCUT2D eigenvalue weighted by molar-refractivity contribution is 7.98. The van der Waals surface area contributed by atoms with Crippen LogP contribution in [0.3, 0.4) is 0 Å². The molecule has 3 rings (SSSR count). The SMILES string of the molecule is CC(CC(=O)NCc1cccc2ccccc12)NC(=O)CNSC1CC1. The average molecular weight is 372 g/mol. The molecule has 1 aliphatic rings. The third-order valence-corrected chi connectivity index (χ3v) is 5.38. The quantitative estimate of drug-likeness (QED) is 0.593. The van der Waals surface area contributed by atoms with Crippen LogP contribution >= 0.6 is 11.9 Å². The lowest BCUT2D eigenvalue weighted by Gasteiger charge is -2.14. The number of rotatable bonds is 9. The van der Waals surface area contributed by atoms with Crippen LogP contribution in [0.4, 0.5) is 0 Å². The highest BCUT2D eigenvalue weighted by Gasteiger charge is 2.22. The van der Waals surface area contributed by atoms with Gasteiger partial charge in [-0.3, -0.25) is 14.3 Å². The van der Waals surface area contributed by atoms with Gasteiger partial charge in [0.1, 0.15) is 0 Å². The van der Waals surface area contributed by atoms with E-state index in [1.54, 1.807) is 11.9 Å². The number of hydrogen-bond acceptors (Lipinski definition) is 4. The molecule has 138 valence electrons. The Kier molecular flexibility index (Phi) is 6.52. The summed E-state index contributed by atoms with van der Waals surface area (Å²) in [4.78, 5) is 24.0. The number of carbonyl (C=O) groups excluding carboxylic acids is 2. The van der Waals surface area contributed by atoms with Gasteiger partial charge in [-0.15, -0.1) is 0 Å². The van der Waals surface area contributed by atoms with E-state index >= 15 is 0 Å². The van der Waals surface area contributed by atoms with Crippen molar-refractivity contribution in [3.63, 3.8) is 0 Å². The lowest BCUT2D eigenvalue weighted by molar-refractivity contribution is -0.123. The zero-order chi connectivity index (χ0) is 18.4. The summed E-state index contributed by atoms with van der Waals surface area (Å²) in [6.45, 7) is 2.62. The molecule has 1 unspecified atom stereocenters. The van der Waals surface area contributed by atoms with Crippen molar-refractivity contribution in [3.05, 3.63) is 48.0 Å². The molecule has 3 N–H and O–H groups in total. The topological polar surface area (TPSA) is 70.2 Å². The lowest BCUT2D eigenvalue weighted by Crippen LogP contribution is -2.40. The van der Waals surface area contributed by atoms with E-state index in [9.17, 15) is 9.59 Å². The van der Waals surface area contributed by atoms with Crippen LogP contribution in [0.15, 0.2) is 42.5 Å². The van der Waals surface area contributed by atoms with Gasteiger partial charge in [0, 0.05) is 24.3 Å². The van der Waals surface area contributed by atoms with E-state index < -0.39 is 0 Å². The first-order valence-electron chi connectivity index (χ1n) is 9.03. The minimum atomic E-state index is -0.192. The van der Waals surface area contributed by atoms with Crippen molar-refractivity contribution in [1.29, 1.82) is 0 Å². The minimum absolute atomic E-state index is 0.0638. The summed E-state index contributed by atoms with van der Waals surface area (Å²) in [5.41, 5.74) is 1.09. The molecule has 26 heavy (non-hydrogen) atoms. The van der Waals surface area contributed by atoms with Gasteiger partial charge >= 0.3 is 0 Å². The van der Waals surface area contributed by atoms with Gasteiger partial charge in [0.2, 0.25) is 11.8 Å². The molecule has 0 aromatic heterocycles. The van der Waals surface area contributed by atoms with Crippen molar-refractivity contribution in [2.45, 2.75) is 44.0 Å². The summed E-state index contributed by atoms with van der Waals surface area (Å²) in [6.07, 6.45) is 2.73. The maximum absolute atomic E-state index is 12.2. The van der Waals surface area contributed by atoms with E-state index in [4.69, 9.17) is 0 Å². The van der Waals surface area contributed by atoms with Gasteiger partial charge in [-0.05, 0) is 36.1 Å². The smallest absolute Gasteiger partial charge is 0.235 e. The number of amides is 2. The molecular formula is C20H25N3O2S. The summed E-state index contributed by atoms with van der Waals surface area (Å²) in [5, 5.41) is 8.79. The maximum atomic E-state index is 12.2. The highest BCUT2D eigenvalue weighted by atomic mass is 32.2. The van der Waals surface area contributed by atoms with Crippen LogP contribution in [-0.2, 0) is 16.1 Å². The predicted molar refractivity (Wildman–Crippen MR) is 107 cm³/mol. The fraction of sp³-hybridized carbons (Fsp3) is 0.400. The van der Waals surface area contributed by atoms with Gasteiger partial charge in [0.25, 0.3) is 0 Å². The molecule has 0 spiro atoms. The molecule has 1 aliphatic carbocycles. The van der Waals surface area contributed by atoms with E-state index in [2.05, 4.69) is 33.6 Å². The van der Waals surface area contributed by atoms with Crippen molar-refractivity contribution in [2.24, 2.45) is 0 Å². The summed E-state index contributed by atoms with van der Waals surface area (Å²) in [7, 11) is 0. The van der Waals surface area contributed by atoms with E-state index in [-0.39, 0.29) is 30.8 Å². The summed E-state index contributed by atoms with van der Waals surface area (Å²) >= 11 is 1.63. The molecule has 1 fully saturated rings. The van der Waals surface area contributed by atoms with Crippen LogP contribution < -0.4 is 15.4 Å². The number of benzene rings is 2. The van der Waals surface area contributed by atoms with Gasteiger partial charge in [0.05, 0.1) is 6.54 Å². The molecule has 0 heterocycles. The Bertz CT molecular complexity index is 771. The van der Waals surface area contributed by atoms with Crippen LogP contribution in [0.25, 0.3) is 10.8 Å². The maximum Gasteiger partial charge on any atom is 0.235 e. The summed E-state index contributed by atoms with van der Waals surface area (Å²) in [6, 6.07) is 14.0. The monoisotopic (exact) mass is 371 g/mol. The molecule has 1 atom stereocenters. The molecule has 2 aromatic carbocycles. The standard InChI is InChI=1S/C20H25N3O2S/c1-14(23-20(25)13-22-26-17-9-10-17)11-19(24)21-12-16-7-4-6-15-5-2-3-8-18(15)16/h2-8,14,17,22H,9-13H2,1H3,(H,21,24)(H,23,25). The highest BCUT2D eigenvalue weighted by Crippen LogP contribution is 2.31. The molecule has 2 amide bonds. The van der Waals surface area contributed by atoms with Gasteiger partial charge in [0.15, 0.2) is 0 Å². The van der Waals surface area contributed by atoms with E-state index in [1.807, 2.05) is 31.2 Å². The zero-order valence-electron chi connectivity index (χ0n) is 15.0. The number of nitrogens with one attached hydrogen (secondary N) is 3.